The molecule has 3 atom stereocenters. The Morgan fingerprint density at radius 3 is 1.28 bits per heavy atom. The number of fused-ring (bicyclic) bond motifs is 2. The number of hydrogen-bond acceptors (Lipinski definition) is 22. The lowest BCUT2D eigenvalue weighted by Crippen LogP contribution is -2.35. The Kier molecular flexibility index (Phi) is 26.5. The number of hydrogen-bond donors (Lipinski definition) is 8. The fourth-order valence-corrected chi connectivity index (χ4v) is 12.2. The van der Waals surface area contributed by atoms with Crippen molar-refractivity contribution in [3.05, 3.63) is 214 Å². The molecule has 574 valence electrons. The van der Waals surface area contributed by atoms with Crippen molar-refractivity contribution >= 4 is 63.3 Å². The lowest BCUT2D eigenvalue weighted by molar-refractivity contribution is -0.131. The molecule has 32 nitrogen and oxygen atoms in total. The van der Waals surface area contributed by atoms with Crippen LogP contribution in [0.4, 0.5) is 26.9 Å². The monoisotopic (exact) mass is 1500 g/mol. The topological polar surface area (TPSA) is 443 Å². The van der Waals surface area contributed by atoms with Crippen LogP contribution >= 0.6 is 0 Å². The number of likely N-dealkylation sites (tertiary alicyclic amines) is 2. The van der Waals surface area contributed by atoms with Gasteiger partial charge < -0.3 is 65.6 Å². The molecule has 0 bridgehead atoms. The molecule has 32 heteroatoms. The lowest BCUT2D eigenvalue weighted by atomic mass is 10.1. The quantitative estimate of drug-likeness (QED) is 0.0155. The average molecular weight is 1500 g/mol. The summed E-state index contributed by atoms with van der Waals surface area (Å²) in [6, 6.07) is 50.3. The van der Waals surface area contributed by atoms with E-state index in [1.807, 2.05) is 181 Å². The number of carboxylic acid groups (broad SMARTS) is 1. The number of nitrogens with zero attached hydrogens (tertiary/aromatic N) is 11. The molecule has 0 spiro atoms. The summed E-state index contributed by atoms with van der Waals surface area (Å²) in [4.78, 5) is 79.7. The largest absolute Gasteiger partial charge is 0.478 e. The minimum Gasteiger partial charge on any atom is -0.478 e. The normalized spacial score (nSPS) is 14.9. The second-order valence-corrected chi connectivity index (χ2v) is 27.0. The molecule has 110 heavy (non-hydrogen) atoms. The minimum absolute atomic E-state index is 0. The van der Waals surface area contributed by atoms with Crippen LogP contribution in [0.3, 0.4) is 0 Å². The molecule has 3 saturated heterocycles. The van der Waals surface area contributed by atoms with E-state index in [2.05, 4.69) is 37.1 Å². The van der Waals surface area contributed by atoms with Gasteiger partial charge in [0, 0.05) is 51.4 Å². The molecule has 3 aliphatic heterocycles. The number of aromatic nitrogens is 10. The van der Waals surface area contributed by atoms with Gasteiger partial charge in [-0.1, -0.05) is 73.3 Å². The number of nitrogen functional groups attached to an aromatic ring is 2. The zero-order chi connectivity index (χ0) is 78.1. The van der Waals surface area contributed by atoms with Crippen molar-refractivity contribution in [1.29, 1.82) is 11.1 Å². The third-order valence-corrected chi connectivity index (χ3v) is 17.0. The summed E-state index contributed by atoms with van der Waals surface area (Å²) < 4.78 is 38.9. The maximum absolute atomic E-state index is 13.0. The smallest absolute Gasteiger partial charge is 0.410 e. The Balaban J connectivity index is 0.000000200. The molecule has 0 saturated carbocycles. The fraction of sp³-hybridized carbons (Fsp3) is 0.282. The predicted molar refractivity (Wildman–Crippen MR) is 414 cm³/mol. The number of amides is 2. The number of aromatic amines is 2. The Hall–Kier alpha value is -13.5. The number of anilines is 2. The number of para-hydroxylation sites is 3. The van der Waals surface area contributed by atoms with Gasteiger partial charge in [0.05, 0.1) is 47.8 Å². The number of carbonyl (C=O) groups excluding carboxylic acids is 3. The second kappa shape index (κ2) is 36.2. The van der Waals surface area contributed by atoms with Gasteiger partial charge in [0.15, 0.2) is 17.3 Å². The van der Waals surface area contributed by atoms with Gasteiger partial charge in [0.2, 0.25) is 5.69 Å². The maximum atomic E-state index is 13.0. The van der Waals surface area contributed by atoms with E-state index >= 15 is 0 Å². The Bertz CT molecular complexity index is 5170. The van der Waals surface area contributed by atoms with Crippen LogP contribution in [0.1, 0.15) is 97.8 Å². The molecular weight excluding hydrogens is 1410 g/mol. The second-order valence-electron chi connectivity index (χ2n) is 27.0. The van der Waals surface area contributed by atoms with Crippen LogP contribution in [0.25, 0.3) is 60.4 Å². The predicted octanol–water partition coefficient (Wildman–Crippen LogP) is 13.6. The van der Waals surface area contributed by atoms with Gasteiger partial charge in [0.1, 0.15) is 68.1 Å². The van der Waals surface area contributed by atoms with Crippen LogP contribution in [-0.2, 0) is 19.0 Å². The number of nitrogens with one attached hydrogen (secondary N) is 5. The molecular formula is C78H88N18O14. The van der Waals surface area contributed by atoms with Crippen LogP contribution in [0.15, 0.2) is 186 Å². The number of ether oxygens (including phenoxy) is 6. The summed E-state index contributed by atoms with van der Waals surface area (Å²) in [5, 5.41) is 39.1. The number of aliphatic carboxylic acids is 1. The molecule has 6 aromatic carbocycles. The van der Waals surface area contributed by atoms with E-state index in [4.69, 9.17) is 77.9 Å². The third-order valence-electron chi connectivity index (χ3n) is 17.0. The van der Waals surface area contributed by atoms with Crippen molar-refractivity contribution in [3.8, 4) is 68.3 Å². The fourth-order valence-electron chi connectivity index (χ4n) is 12.2. The summed E-state index contributed by atoms with van der Waals surface area (Å²) in [7, 11) is 0. The summed E-state index contributed by atoms with van der Waals surface area (Å²) in [6.07, 6.45) is 2.13. The molecule has 3 aliphatic rings. The van der Waals surface area contributed by atoms with E-state index < -0.39 is 34.8 Å². The summed E-state index contributed by atoms with van der Waals surface area (Å²) >= 11 is 0. The standard InChI is InChI=1S/C28H30N4O5.C26H28N6O4.C21H20N6O2.C3H4O2.H2N2.H2O.H2/c1-6-35-26(33)25-24(29-5)23(19-12-14-22(15-13-19)36-21-10-8-7-9-11-21)30-32(25)20-16-17-31(18-20)27(34)37-28(2,3)4;1-26(2,3)36-25(34)31-14-13-17(15-31)32-22-20(23(27)28-29-24(22)33)21(30-32)16-9-11-19(12-10-16)35-18-7-5-4-6-8-18;22-20-17-18(13-6-8-16(9-7-13)29-15-4-2-1-3-5-15)26-27(14-10-11-23-12-14)19(17)21(28)25-24-20;1-2-3(4)5;1-2;;/h7-15,20H,6,16-18H2,1-4H3;4-12,17H,13-15H2,1-3H3,(H2,27,28)(H,29,33);1-9,14,23H,10-12H2,(H2,22,24)(H,25,28);2H,1H2,(H,4,5);1-2H;1H2;1H. The number of nitrogens with two attached hydrogens (primary N) is 2. The van der Waals surface area contributed by atoms with Crippen LogP contribution in [-0.4, -0.2) is 151 Å². The van der Waals surface area contributed by atoms with Gasteiger partial charge >= 0.3 is 24.1 Å². The Morgan fingerprint density at radius 2 is 0.936 bits per heavy atom. The molecule has 14 rings (SSSR count). The van der Waals surface area contributed by atoms with E-state index in [0.29, 0.717) is 106 Å². The van der Waals surface area contributed by atoms with Crippen LogP contribution in [0.5, 0.6) is 34.5 Å². The summed E-state index contributed by atoms with van der Waals surface area (Å²) in [6.45, 7) is 26.9. The highest BCUT2D eigenvalue weighted by Crippen LogP contribution is 2.40. The van der Waals surface area contributed by atoms with E-state index in [1.165, 1.54) is 0 Å². The SMILES string of the molecule is C=CC(=O)O.CC(C)(C)OC(=O)N1CCC(n2nc(-c3ccc(Oc4ccccc4)cc3)c3c(N)n[nH]c(=O)c32)C1.N=N.Nc1n[nH]c(=O)c2c1c(-c1ccc(Oc3ccccc3)cc1)nn2C1CCNC1.O.[C-]#[N+]c1c(-c2ccc(Oc3ccccc3)cc2)nn(C2CCN(C(=O)OC(C)(C)C)C2)c1C(=O)OCC.[HH]. The Labute approximate surface area is 633 Å². The first-order chi connectivity index (χ1) is 52.4. The van der Waals surface area contributed by atoms with Crippen molar-refractivity contribution in [2.75, 3.05) is 57.3 Å². The first-order valence-electron chi connectivity index (χ1n) is 34.8. The van der Waals surface area contributed by atoms with Crippen molar-refractivity contribution in [2.24, 2.45) is 0 Å². The van der Waals surface area contributed by atoms with Crippen molar-refractivity contribution < 1.29 is 59.6 Å². The Morgan fingerprint density at radius 1 is 0.582 bits per heavy atom. The minimum atomic E-state index is -0.981. The van der Waals surface area contributed by atoms with E-state index in [0.717, 1.165) is 48.2 Å². The van der Waals surface area contributed by atoms with Gasteiger partial charge in [-0.3, -0.25) is 23.6 Å². The number of carboxylic acids is 1. The molecule has 2 amide bonds. The molecule has 11 aromatic rings. The third kappa shape index (κ3) is 19.7. The molecule has 3 fully saturated rings. The molecule has 5 aromatic heterocycles. The number of benzene rings is 6. The first-order valence-corrected chi connectivity index (χ1v) is 34.8. The van der Waals surface area contributed by atoms with Gasteiger partial charge in [-0.15, -0.1) is 0 Å². The highest BCUT2D eigenvalue weighted by atomic mass is 16.6. The van der Waals surface area contributed by atoms with Crippen molar-refractivity contribution in [2.45, 2.75) is 97.1 Å². The summed E-state index contributed by atoms with van der Waals surface area (Å²) in [5.74, 6) is 3.06. The number of esters is 1. The van der Waals surface area contributed by atoms with Gasteiger partial charge in [-0.2, -0.15) is 25.5 Å². The van der Waals surface area contributed by atoms with Gasteiger partial charge in [0.25, 0.3) is 11.1 Å². The van der Waals surface area contributed by atoms with Crippen molar-refractivity contribution in [3.63, 3.8) is 0 Å². The summed E-state index contributed by atoms with van der Waals surface area (Å²) in [5.41, 5.74) is 25.3. The van der Waals surface area contributed by atoms with Crippen LogP contribution < -0.4 is 42.1 Å². The zero-order valence-electron chi connectivity index (χ0n) is 61.6. The lowest BCUT2D eigenvalue weighted by Gasteiger charge is -2.24. The zero-order valence-corrected chi connectivity index (χ0v) is 61.6. The van der Waals surface area contributed by atoms with E-state index in [-0.39, 0.29) is 66.3 Å². The highest BCUT2D eigenvalue weighted by molar-refractivity contribution is 6.01. The van der Waals surface area contributed by atoms with Gasteiger partial charge in [-0.05, 0) is 177 Å². The molecule has 12 N–H and O–H groups in total. The number of H-pyrrole nitrogens is 2. The molecule has 3 unspecified atom stereocenters. The maximum Gasteiger partial charge on any atom is 0.410 e. The highest BCUT2D eigenvalue weighted by Gasteiger charge is 2.37. The number of carbonyl (C=O) groups is 4. The van der Waals surface area contributed by atoms with Gasteiger partial charge in [-0.25, -0.2) is 45.3 Å². The molecule has 0 radical (unpaired) electrons. The molecule has 8 heterocycles. The van der Waals surface area contributed by atoms with Crippen molar-refractivity contribution in [1.82, 2.24) is 64.9 Å². The molecule has 0 aliphatic carbocycles. The van der Waals surface area contributed by atoms with E-state index in [1.54, 1.807) is 55.0 Å². The first kappa shape index (κ1) is 80.6. The van der Waals surface area contributed by atoms with Crippen LogP contribution in [0.2, 0.25) is 0 Å². The average Bonchev–Trinajstić information content (AvgIpc) is 1.61. The van der Waals surface area contributed by atoms with E-state index in [9.17, 15) is 28.8 Å². The number of rotatable bonds is 15. The van der Waals surface area contributed by atoms with Crippen LogP contribution in [0, 0.1) is 17.6 Å².